The number of nitrogens with one attached hydrogen (secondary N) is 2. The highest BCUT2D eigenvalue weighted by atomic mass is 127. The number of aliphatic imine (C=N–C) groups is 1. The lowest BCUT2D eigenvalue weighted by atomic mass is 10.1. The summed E-state index contributed by atoms with van der Waals surface area (Å²) < 4.78 is 12.9. The number of rotatable bonds is 5. The van der Waals surface area contributed by atoms with Crippen LogP contribution >= 0.6 is 35.6 Å². The largest absolute Gasteiger partial charge is 0.356 e. The lowest BCUT2D eigenvalue weighted by Gasteiger charge is -2.13. The van der Waals surface area contributed by atoms with Gasteiger partial charge in [0.25, 0.3) is 0 Å². The van der Waals surface area contributed by atoms with Crippen molar-refractivity contribution in [2.24, 2.45) is 10.9 Å². The molecule has 0 aliphatic rings. The van der Waals surface area contributed by atoms with Crippen LogP contribution in [-0.4, -0.2) is 26.1 Å². The molecule has 0 fully saturated rings. The minimum atomic E-state index is -0.309. The summed E-state index contributed by atoms with van der Waals surface area (Å²) in [6, 6.07) is 4.47. The van der Waals surface area contributed by atoms with Gasteiger partial charge in [0.1, 0.15) is 5.82 Å². The number of nitrogens with zero attached hydrogens (tertiary/aromatic N) is 1. The van der Waals surface area contributed by atoms with E-state index in [4.69, 9.17) is 11.6 Å². The molecule has 114 valence electrons. The Morgan fingerprint density at radius 1 is 1.35 bits per heavy atom. The SMILES string of the molecule is CN=C(NCCc1ccc(F)cc1Cl)NCC(C)C.I. The fraction of sp³-hybridized carbons (Fsp3) is 0.500. The molecular weight excluding hydrogens is 392 g/mol. The van der Waals surface area contributed by atoms with Gasteiger partial charge in [-0.2, -0.15) is 0 Å². The van der Waals surface area contributed by atoms with Gasteiger partial charge in [-0.25, -0.2) is 4.39 Å². The first-order valence-corrected chi connectivity index (χ1v) is 6.79. The Labute approximate surface area is 142 Å². The van der Waals surface area contributed by atoms with Crippen LogP contribution in [0.1, 0.15) is 19.4 Å². The molecule has 6 heteroatoms. The third kappa shape index (κ3) is 7.28. The smallest absolute Gasteiger partial charge is 0.190 e. The lowest BCUT2D eigenvalue weighted by molar-refractivity contribution is 0.614. The van der Waals surface area contributed by atoms with Crippen LogP contribution in [0.4, 0.5) is 4.39 Å². The average molecular weight is 414 g/mol. The number of halogens is 3. The zero-order valence-corrected chi connectivity index (χ0v) is 15.1. The normalized spacial score (nSPS) is 11.2. The second kappa shape index (κ2) is 10.2. The molecule has 0 heterocycles. The molecule has 1 aromatic rings. The molecule has 0 aliphatic heterocycles. The monoisotopic (exact) mass is 413 g/mol. The van der Waals surface area contributed by atoms with Crippen LogP contribution in [0.25, 0.3) is 0 Å². The van der Waals surface area contributed by atoms with Crippen molar-refractivity contribution in [3.8, 4) is 0 Å². The average Bonchev–Trinajstić information content (AvgIpc) is 2.35. The van der Waals surface area contributed by atoms with Crippen LogP contribution < -0.4 is 10.6 Å². The molecule has 0 amide bonds. The van der Waals surface area contributed by atoms with Crippen molar-refractivity contribution in [1.82, 2.24) is 10.6 Å². The van der Waals surface area contributed by atoms with E-state index in [1.165, 1.54) is 12.1 Å². The number of benzene rings is 1. The van der Waals surface area contributed by atoms with Crippen LogP contribution in [0.2, 0.25) is 5.02 Å². The van der Waals surface area contributed by atoms with Gasteiger partial charge in [-0.1, -0.05) is 31.5 Å². The highest BCUT2D eigenvalue weighted by molar-refractivity contribution is 14.0. The molecule has 0 aromatic heterocycles. The van der Waals surface area contributed by atoms with Crippen molar-refractivity contribution in [1.29, 1.82) is 0 Å². The molecule has 1 aromatic carbocycles. The van der Waals surface area contributed by atoms with E-state index in [1.54, 1.807) is 13.1 Å². The number of hydrogen-bond acceptors (Lipinski definition) is 1. The minimum absolute atomic E-state index is 0. The molecular formula is C14H22ClFIN3. The standard InChI is InChI=1S/C14H21ClFN3.HI/c1-10(2)9-19-14(17-3)18-7-6-11-4-5-12(16)8-13(11)15;/h4-5,8,10H,6-7,9H2,1-3H3,(H2,17,18,19);1H. The molecule has 20 heavy (non-hydrogen) atoms. The van der Waals surface area contributed by atoms with Crippen LogP contribution in [0, 0.1) is 11.7 Å². The first-order valence-electron chi connectivity index (χ1n) is 6.41. The van der Waals surface area contributed by atoms with Crippen molar-refractivity contribution in [2.75, 3.05) is 20.1 Å². The van der Waals surface area contributed by atoms with Gasteiger partial charge in [0, 0.05) is 25.2 Å². The summed E-state index contributed by atoms with van der Waals surface area (Å²) in [6.07, 6.45) is 0.724. The molecule has 0 spiro atoms. The zero-order valence-electron chi connectivity index (χ0n) is 12.0. The Balaban J connectivity index is 0.00000361. The van der Waals surface area contributed by atoms with E-state index in [2.05, 4.69) is 29.5 Å². The van der Waals surface area contributed by atoms with Gasteiger partial charge in [0.2, 0.25) is 0 Å². The highest BCUT2D eigenvalue weighted by Gasteiger charge is 2.03. The fourth-order valence-electron chi connectivity index (χ4n) is 1.56. The van der Waals surface area contributed by atoms with E-state index in [9.17, 15) is 4.39 Å². The van der Waals surface area contributed by atoms with E-state index in [0.717, 1.165) is 24.5 Å². The van der Waals surface area contributed by atoms with Gasteiger partial charge in [-0.05, 0) is 30.0 Å². The Morgan fingerprint density at radius 3 is 2.60 bits per heavy atom. The summed E-state index contributed by atoms with van der Waals surface area (Å²) in [5.41, 5.74) is 0.926. The van der Waals surface area contributed by atoms with Gasteiger partial charge in [0.15, 0.2) is 5.96 Å². The van der Waals surface area contributed by atoms with Gasteiger partial charge >= 0.3 is 0 Å². The van der Waals surface area contributed by atoms with Crippen LogP contribution in [-0.2, 0) is 6.42 Å². The van der Waals surface area contributed by atoms with Gasteiger partial charge in [-0.3, -0.25) is 4.99 Å². The van der Waals surface area contributed by atoms with Gasteiger partial charge < -0.3 is 10.6 Å². The first kappa shape index (κ1) is 19.4. The predicted octanol–water partition coefficient (Wildman–Crippen LogP) is 3.46. The molecule has 0 aliphatic carbocycles. The third-order valence-corrected chi connectivity index (χ3v) is 2.96. The molecule has 2 N–H and O–H groups in total. The van der Waals surface area contributed by atoms with Gasteiger partial charge in [0.05, 0.1) is 0 Å². The van der Waals surface area contributed by atoms with E-state index in [0.29, 0.717) is 17.5 Å². The summed E-state index contributed by atoms with van der Waals surface area (Å²) in [6.45, 7) is 5.84. The summed E-state index contributed by atoms with van der Waals surface area (Å²) in [4.78, 5) is 4.13. The lowest BCUT2D eigenvalue weighted by Crippen LogP contribution is -2.39. The molecule has 0 radical (unpaired) electrons. The highest BCUT2D eigenvalue weighted by Crippen LogP contribution is 2.17. The summed E-state index contributed by atoms with van der Waals surface area (Å²) in [5.74, 6) is 1.02. The van der Waals surface area contributed by atoms with Crippen molar-refractivity contribution in [3.05, 3.63) is 34.6 Å². The molecule has 0 saturated heterocycles. The second-order valence-electron chi connectivity index (χ2n) is 4.76. The Hall–Kier alpha value is -0.560. The summed E-state index contributed by atoms with van der Waals surface area (Å²) in [7, 11) is 1.74. The Bertz CT molecular complexity index is 438. The van der Waals surface area contributed by atoms with Crippen molar-refractivity contribution < 1.29 is 4.39 Å². The maximum absolute atomic E-state index is 12.9. The molecule has 3 nitrogen and oxygen atoms in total. The Kier molecular flexibility index (Phi) is 9.92. The fourth-order valence-corrected chi connectivity index (χ4v) is 1.82. The summed E-state index contributed by atoms with van der Waals surface area (Å²) >= 11 is 5.97. The Morgan fingerprint density at radius 2 is 2.05 bits per heavy atom. The molecule has 0 saturated carbocycles. The maximum Gasteiger partial charge on any atom is 0.190 e. The van der Waals surface area contributed by atoms with E-state index < -0.39 is 0 Å². The van der Waals surface area contributed by atoms with Crippen molar-refractivity contribution >= 4 is 41.5 Å². The maximum atomic E-state index is 12.9. The quantitative estimate of drug-likeness (QED) is 0.441. The van der Waals surface area contributed by atoms with Crippen LogP contribution in [0.15, 0.2) is 23.2 Å². The van der Waals surface area contributed by atoms with Crippen molar-refractivity contribution in [2.45, 2.75) is 20.3 Å². The number of guanidine groups is 1. The molecule has 0 atom stereocenters. The van der Waals surface area contributed by atoms with Gasteiger partial charge in [-0.15, -0.1) is 24.0 Å². The minimum Gasteiger partial charge on any atom is -0.356 e. The summed E-state index contributed by atoms with van der Waals surface area (Å²) in [5, 5.41) is 6.89. The molecule has 0 unspecified atom stereocenters. The number of hydrogen-bond donors (Lipinski definition) is 2. The first-order chi connectivity index (χ1) is 9.02. The van der Waals surface area contributed by atoms with Crippen molar-refractivity contribution in [3.63, 3.8) is 0 Å². The topological polar surface area (TPSA) is 36.4 Å². The zero-order chi connectivity index (χ0) is 14.3. The van der Waals surface area contributed by atoms with E-state index >= 15 is 0 Å². The third-order valence-electron chi connectivity index (χ3n) is 2.60. The van der Waals surface area contributed by atoms with E-state index in [1.807, 2.05) is 0 Å². The predicted molar refractivity (Wildman–Crippen MR) is 94.7 cm³/mol. The van der Waals surface area contributed by atoms with Crippen LogP contribution in [0.3, 0.4) is 0 Å². The van der Waals surface area contributed by atoms with E-state index in [-0.39, 0.29) is 29.8 Å². The van der Waals surface area contributed by atoms with Crippen LogP contribution in [0.5, 0.6) is 0 Å². The second-order valence-corrected chi connectivity index (χ2v) is 5.17. The molecule has 0 bridgehead atoms. The molecule has 1 rings (SSSR count).